The molecule has 0 amide bonds. The Bertz CT molecular complexity index is 405. The third-order valence-corrected chi connectivity index (χ3v) is 4.05. The Kier molecular flexibility index (Phi) is 7.10. The van der Waals surface area contributed by atoms with Crippen molar-refractivity contribution in [2.75, 3.05) is 19.6 Å². The smallest absolute Gasteiger partial charge is 0.159 e. The van der Waals surface area contributed by atoms with Crippen LogP contribution >= 0.6 is 0 Å². The van der Waals surface area contributed by atoms with Gasteiger partial charge in [0.15, 0.2) is 11.6 Å². The Morgan fingerprint density at radius 2 is 1.75 bits per heavy atom. The Morgan fingerprint density at radius 1 is 1.10 bits per heavy atom. The highest BCUT2D eigenvalue weighted by Gasteiger charge is 2.21. The molecule has 1 aromatic rings. The summed E-state index contributed by atoms with van der Waals surface area (Å²) in [6, 6.07) is 4.02. The van der Waals surface area contributed by atoms with Crippen molar-refractivity contribution in [2.24, 2.45) is 11.7 Å². The molecule has 0 bridgehead atoms. The van der Waals surface area contributed by atoms with E-state index in [0.29, 0.717) is 12.5 Å². The number of likely N-dealkylation sites (N-methyl/N-ethyl adjacent to an activating group) is 1. The van der Waals surface area contributed by atoms with Crippen LogP contribution in [0.5, 0.6) is 0 Å². The van der Waals surface area contributed by atoms with Crippen LogP contribution in [0.25, 0.3) is 0 Å². The molecule has 0 aromatic heterocycles. The Labute approximate surface area is 121 Å². The summed E-state index contributed by atoms with van der Waals surface area (Å²) in [5.41, 5.74) is 6.62. The third kappa shape index (κ3) is 4.25. The van der Waals surface area contributed by atoms with Gasteiger partial charge in [-0.3, -0.25) is 4.90 Å². The average Bonchev–Trinajstić information content (AvgIpc) is 2.46. The van der Waals surface area contributed by atoms with Crippen molar-refractivity contribution in [3.8, 4) is 0 Å². The van der Waals surface area contributed by atoms with Crippen molar-refractivity contribution in [2.45, 2.75) is 39.7 Å². The molecule has 114 valence electrons. The minimum absolute atomic E-state index is 0.0595. The minimum Gasteiger partial charge on any atom is -0.329 e. The quantitative estimate of drug-likeness (QED) is 0.788. The second-order valence-electron chi connectivity index (χ2n) is 5.20. The fraction of sp³-hybridized carbons (Fsp3) is 0.625. The number of benzene rings is 1. The van der Waals surface area contributed by atoms with E-state index >= 15 is 0 Å². The first-order valence-electron chi connectivity index (χ1n) is 7.46. The van der Waals surface area contributed by atoms with E-state index in [2.05, 4.69) is 25.7 Å². The standard InChI is InChI=1S/C16H26F2N2/c1-4-12(5-2)11-20(6-3)16(10-19)13-7-8-14(17)15(18)9-13/h7-9,12,16H,4-6,10-11,19H2,1-3H3. The lowest BCUT2D eigenvalue weighted by Crippen LogP contribution is -2.37. The van der Waals surface area contributed by atoms with Gasteiger partial charge in [-0.15, -0.1) is 0 Å². The largest absolute Gasteiger partial charge is 0.329 e. The summed E-state index contributed by atoms with van der Waals surface area (Å²) < 4.78 is 26.5. The Morgan fingerprint density at radius 3 is 2.20 bits per heavy atom. The summed E-state index contributed by atoms with van der Waals surface area (Å²) >= 11 is 0. The van der Waals surface area contributed by atoms with E-state index in [1.807, 2.05) is 0 Å². The molecule has 0 aliphatic heterocycles. The van der Waals surface area contributed by atoms with Gasteiger partial charge in [0.25, 0.3) is 0 Å². The number of halogens is 2. The Balaban J connectivity index is 2.93. The van der Waals surface area contributed by atoms with Crippen LogP contribution in [0.1, 0.15) is 45.2 Å². The molecule has 0 aliphatic rings. The summed E-state index contributed by atoms with van der Waals surface area (Å²) in [5, 5.41) is 0. The van der Waals surface area contributed by atoms with E-state index in [4.69, 9.17) is 5.73 Å². The minimum atomic E-state index is -0.812. The fourth-order valence-electron chi connectivity index (χ4n) is 2.57. The maximum Gasteiger partial charge on any atom is 0.159 e. The molecule has 0 saturated heterocycles. The lowest BCUT2D eigenvalue weighted by atomic mass is 9.99. The number of rotatable bonds is 8. The first-order valence-corrected chi connectivity index (χ1v) is 7.46. The second-order valence-corrected chi connectivity index (χ2v) is 5.20. The summed E-state index contributed by atoms with van der Waals surface area (Å²) in [4.78, 5) is 2.25. The molecule has 0 fully saturated rings. The molecular formula is C16H26F2N2. The summed E-state index contributed by atoms with van der Waals surface area (Å²) in [5.74, 6) is -1.01. The van der Waals surface area contributed by atoms with Gasteiger partial charge < -0.3 is 5.73 Å². The van der Waals surface area contributed by atoms with Crippen LogP contribution in [0, 0.1) is 17.6 Å². The lowest BCUT2D eigenvalue weighted by molar-refractivity contribution is 0.174. The van der Waals surface area contributed by atoms with Gasteiger partial charge in [-0.05, 0) is 30.2 Å². The predicted molar refractivity (Wildman–Crippen MR) is 79.5 cm³/mol. The van der Waals surface area contributed by atoms with Gasteiger partial charge in [0.2, 0.25) is 0 Å². The molecule has 0 heterocycles. The normalized spacial score (nSPS) is 13.2. The van der Waals surface area contributed by atoms with Crippen molar-refractivity contribution >= 4 is 0 Å². The van der Waals surface area contributed by atoms with Crippen LogP contribution in [0.3, 0.4) is 0 Å². The van der Waals surface area contributed by atoms with Gasteiger partial charge in [-0.1, -0.05) is 39.7 Å². The molecule has 1 rings (SSSR count). The molecule has 2 N–H and O–H groups in total. The molecule has 1 unspecified atom stereocenters. The van der Waals surface area contributed by atoms with Crippen LogP contribution in [0.4, 0.5) is 8.78 Å². The summed E-state index contributed by atoms with van der Waals surface area (Å²) in [6.07, 6.45) is 2.23. The van der Waals surface area contributed by atoms with Crippen molar-refractivity contribution in [1.29, 1.82) is 0 Å². The molecule has 1 aromatic carbocycles. The summed E-state index contributed by atoms with van der Waals surface area (Å²) in [6.45, 7) is 8.61. The fourth-order valence-corrected chi connectivity index (χ4v) is 2.57. The SMILES string of the molecule is CCC(CC)CN(CC)C(CN)c1ccc(F)c(F)c1. The van der Waals surface area contributed by atoms with Crippen LogP contribution in [-0.4, -0.2) is 24.5 Å². The average molecular weight is 284 g/mol. The topological polar surface area (TPSA) is 29.3 Å². The number of nitrogens with zero attached hydrogens (tertiary/aromatic N) is 1. The maximum atomic E-state index is 13.4. The second kappa shape index (κ2) is 8.32. The van der Waals surface area contributed by atoms with Crippen LogP contribution in [-0.2, 0) is 0 Å². The molecular weight excluding hydrogens is 258 g/mol. The maximum absolute atomic E-state index is 13.4. The van der Waals surface area contributed by atoms with E-state index < -0.39 is 11.6 Å². The molecule has 1 atom stereocenters. The van der Waals surface area contributed by atoms with Crippen molar-refractivity contribution in [3.05, 3.63) is 35.4 Å². The molecule has 20 heavy (non-hydrogen) atoms. The van der Waals surface area contributed by atoms with Gasteiger partial charge in [-0.25, -0.2) is 8.78 Å². The molecule has 0 radical (unpaired) electrons. The molecule has 2 nitrogen and oxygen atoms in total. The van der Waals surface area contributed by atoms with E-state index in [-0.39, 0.29) is 6.04 Å². The van der Waals surface area contributed by atoms with E-state index in [0.717, 1.165) is 31.5 Å². The monoisotopic (exact) mass is 284 g/mol. The highest BCUT2D eigenvalue weighted by Crippen LogP contribution is 2.24. The molecule has 0 spiro atoms. The van der Waals surface area contributed by atoms with E-state index in [1.54, 1.807) is 6.07 Å². The van der Waals surface area contributed by atoms with Crippen molar-refractivity contribution in [3.63, 3.8) is 0 Å². The lowest BCUT2D eigenvalue weighted by Gasteiger charge is -2.33. The predicted octanol–water partition coefficient (Wildman–Crippen LogP) is 3.72. The first-order chi connectivity index (χ1) is 9.57. The zero-order valence-corrected chi connectivity index (χ0v) is 12.7. The van der Waals surface area contributed by atoms with Gasteiger partial charge in [0, 0.05) is 19.1 Å². The zero-order chi connectivity index (χ0) is 15.1. The highest BCUT2D eigenvalue weighted by atomic mass is 19.2. The summed E-state index contributed by atoms with van der Waals surface area (Å²) in [7, 11) is 0. The van der Waals surface area contributed by atoms with Crippen LogP contribution in [0.2, 0.25) is 0 Å². The number of hydrogen-bond acceptors (Lipinski definition) is 2. The van der Waals surface area contributed by atoms with Crippen molar-refractivity contribution < 1.29 is 8.78 Å². The first kappa shape index (κ1) is 17.1. The van der Waals surface area contributed by atoms with Crippen molar-refractivity contribution in [1.82, 2.24) is 4.90 Å². The van der Waals surface area contributed by atoms with Crippen LogP contribution < -0.4 is 5.73 Å². The number of hydrogen-bond donors (Lipinski definition) is 1. The zero-order valence-electron chi connectivity index (χ0n) is 12.7. The van der Waals surface area contributed by atoms with E-state index in [1.165, 1.54) is 12.1 Å². The molecule has 0 saturated carbocycles. The molecule has 4 heteroatoms. The third-order valence-electron chi connectivity index (χ3n) is 4.05. The molecule has 0 aliphatic carbocycles. The van der Waals surface area contributed by atoms with Gasteiger partial charge >= 0.3 is 0 Å². The van der Waals surface area contributed by atoms with E-state index in [9.17, 15) is 8.78 Å². The van der Waals surface area contributed by atoms with Gasteiger partial charge in [0.1, 0.15) is 0 Å². The van der Waals surface area contributed by atoms with Gasteiger partial charge in [-0.2, -0.15) is 0 Å². The van der Waals surface area contributed by atoms with Gasteiger partial charge in [0.05, 0.1) is 0 Å². The Hall–Kier alpha value is -1.00. The number of nitrogens with two attached hydrogens (primary N) is 1. The van der Waals surface area contributed by atoms with Crippen LogP contribution in [0.15, 0.2) is 18.2 Å². The highest BCUT2D eigenvalue weighted by molar-refractivity contribution is 5.21.